The van der Waals surface area contributed by atoms with Crippen LogP contribution >= 0.6 is 50.7 Å². The topological polar surface area (TPSA) is 21.3 Å². The molecule has 1 N–H and O–H groups in total. The van der Waals surface area contributed by atoms with Crippen LogP contribution in [0.3, 0.4) is 0 Å². The first kappa shape index (κ1) is 17.8. The normalized spacial score (nSPS) is 11.5. The summed E-state index contributed by atoms with van der Waals surface area (Å²) in [4.78, 5) is 0. The Morgan fingerprint density at radius 2 is 1.77 bits per heavy atom. The van der Waals surface area contributed by atoms with E-state index in [0.29, 0.717) is 5.69 Å². The average Bonchev–Trinajstić information content (AvgIpc) is 2.43. The Bertz CT molecular complexity index is 632. The van der Waals surface area contributed by atoms with Gasteiger partial charge < -0.3 is 10.1 Å². The molecule has 118 valence electrons. The van der Waals surface area contributed by atoms with Crippen LogP contribution in [0.5, 0.6) is 0 Å². The quantitative estimate of drug-likeness (QED) is 0.572. The summed E-state index contributed by atoms with van der Waals surface area (Å²) in [5.41, 5.74) is 1.91. The summed E-state index contributed by atoms with van der Waals surface area (Å²) >= 11 is 20.2. The van der Waals surface area contributed by atoms with Crippen LogP contribution in [0.25, 0.3) is 0 Å². The second-order valence-electron chi connectivity index (χ2n) is 4.55. The number of benzene rings is 2. The molecule has 0 unspecified atom stereocenters. The highest BCUT2D eigenvalue weighted by molar-refractivity contribution is 9.10. The number of anilines is 2. The number of hydrogen-bond donors (Lipinski definition) is 1. The molecule has 0 fully saturated rings. The molecule has 0 aliphatic heterocycles. The zero-order chi connectivity index (χ0) is 16.2. The minimum atomic E-state index is -1.46. The van der Waals surface area contributed by atoms with Crippen molar-refractivity contribution in [3.05, 3.63) is 58.3 Å². The fourth-order valence-electron chi connectivity index (χ4n) is 1.73. The van der Waals surface area contributed by atoms with Gasteiger partial charge >= 0.3 is 0 Å². The third-order valence-corrected chi connectivity index (χ3v) is 3.54. The van der Waals surface area contributed by atoms with E-state index in [0.717, 1.165) is 15.7 Å². The van der Waals surface area contributed by atoms with Crippen molar-refractivity contribution in [2.24, 2.45) is 0 Å². The van der Waals surface area contributed by atoms with Gasteiger partial charge in [0, 0.05) is 10.2 Å². The maximum Gasteiger partial charge on any atom is 0.213 e. The van der Waals surface area contributed by atoms with Crippen LogP contribution in [0.15, 0.2) is 46.9 Å². The Balaban J connectivity index is 2.05. The van der Waals surface area contributed by atoms with Crippen molar-refractivity contribution in [3.63, 3.8) is 0 Å². The maximum atomic E-state index is 13.9. The molecule has 0 radical (unpaired) electrons. The zero-order valence-electron chi connectivity index (χ0n) is 11.3. The van der Waals surface area contributed by atoms with Crippen molar-refractivity contribution >= 4 is 62.1 Å². The van der Waals surface area contributed by atoms with Crippen molar-refractivity contribution in [3.8, 4) is 0 Å². The molecule has 0 aliphatic carbocycles. The van der Waals surface area contributed by atoms with Gasteiger partial charge in [0.15, 0.2) is 0 Å². The largest absolute Gasteiger partial charge is 0.372 e. The molecule has 0 amide bonds. The van der Waals surface area contributed by atoms with Crippen molar-refractivity contribution in [2.45, 2.75) is 10.4 Å². The highest BCUT2D eigenvalue weighted by atomic mass is 79.9. The lowest BCUT2D eigenvalue weighted by Crippen LogP contribution is -2.12. The van der Waals surface area contributed by atoms with Gasteiger partial charge in [-0.15, -0.1) is 0 Å². The molecule has 0 bridgehead atoms. The first-order valence-corrected chi connectivity index (χ1v) is 8.22. The SMILES string of the molecule is Fc1ccc(COCC(Cl)(Cl)Cl)cc1Nc1ccc(Br)cc1. The predicted molar refractivity (Wildman–Crippen MR) is 93.8 cm³/mol. The Morgan fingerprint density at radius 1 is 1.09 bits per heavy atom. The summed E-state index contributed by atoms with van der Waals surface area (Å²) < 4.78 is 18.7. The molecule has 0 heterocycles. The van der Waals surface area contributed by atoms with E-state index in [2.05, 4.69) is 21.2 Å². The number of alkyl halides is 3. The summed E-state index contributed by atoms with van der Waals surface area (Å²) in [6.45, 7) is 0.188. The van der Waals surface area contributed by atoms with Crippen LogP contribution in [0.2, 0.25) is 0 Å². The molecule has 2 aromatic rings. The van der Waals surface area contributed by atoms with E-state index >= 15 is 0 Å². The number of ether oxygens (including phenoxy) is 1. The lowest BCUT2D eigenvalue weighted by atomic mass is 10.2. The Hall–Kier alpha value is -0.520. The highest BCUT2D eigenvalue weighted by Gasteiger charge is 2.19. The van der Waals surface area contributed by atoms with Crippen LogP contribution < -0.4 is 5.32 Å². The Kier molecular flexibility index (Phi) is 6.36. The number of hydrogen-bond acceptors (Lipinski definition) is 2. The molecule has 0 saturated heterocycles. The number of nitrogens with one attached hydrogen (secondary N) is 1. The fraction of sp³-hybridized carbons (Fsp3) is 0.200. The van der Waals surface area contributed by atoms with Crippen LogP contribution in [-0.4, -0.2) is 10.4 Å². The van der Waals surface area contributed by atoms with Crippen molar-refractivity contribution in [2.75, 3.05) is 11.9 Å². The van der Waals surface area contributed by atoms with Gasteiger partial charge in [0.1, 0.15) is 5.82 Å². The standard InChI is InChI=1S/C15H12BrCl3FNO/c16-11-2-4-12(5-3-11)21-14-7-10(1-6-13(14)20)8-22-9-15(17,18)19/h1-7,21H,8-9H2. The lowest BCUT2D eigenvalue weighted by Gasteiger charge is -2.13. The van der Waals surface area contributed by atoms with E-state index in [-0.39, 0.29) is 19.0 Å². The van der Waals surface area contributed by atoms with E-state index in [1.165, 1.54) is 6.07 Å². The van der Waals surface area contributed by atoms with E-state index in [9.17, 15) is 4.39 Å². The Labute approximate surface area is 151 Å². The molecule has 2 rings (SSSR count). The van der Waals surface area contributed by atoms with Crippen LogP contribution in [0, 0.1) is 5.82 Å². The second kappa shape index (κ2) is 7.84. The average molecular weight is 428 g/mol. The molecule has 0 atom stereocenters. The molecule has 0 spiro atoms. The molecule has 0 saturated carbocycles. The highest BCUT2D eigenvalue weighted by Crippen LogP contribution is 2.27. The van der Waals surface area contributed by atoms with Crippen LogP contribution in [0.4, 0.5) is 15.8 Å². The van der Waals surface area contributed by atoms with Gasteiger partial charge in [-0.2, -0.15) is 0 Å². The summed E-state index contributed by atoms with van der Waals surface area (Å²) in [5, 5.41) is 3.02. The van der Waals surface area contributed by atoms with Gasteiger partial charge in [0.05, 0.1) is 18.9 Å². The molecule has 2 nitrogen and oxygen atoms in total. The van der Waals surface area contributed by atoms with Crippen LogP contribution in [-0.2, 0) is 11.3 Å². The summed E-state index contributed by atoms with van der Waals surface area (Å²) in [7, 11) is 0. The van der Waals surface area contributed by atoms with Gasteiger partial charge in [-0.3, -0.25) is 0 Å². The molecular formula is C15H12BrCl3FNO. The van der Waals surface area contributed by atoms with E-state index < -0.39 is 3.79 Å². The third-order valence-electron chi connectivity index (χ3n) is 2.69. The summed E-state index contributed by atoms with van der Waals surface area (Å²) in [6.07, 6.45) is 0. The van der Waals surface area contributed by atoms with Gasteiger partial charge in [0.2, 0.25) is 3.79 Å². The summed E-state index contributed by atoms with van der Waals surface area (Å²) in [5.74, 6) is -0.354. The first-order chi connectivity index (χ1) is 10.3. The number of halogens is 5. The van der Waals surface area contributed by atoms with E-state index in [1.54, 1.807) is 12.1 Å². The third kappa shape index (κ3) is 5.94. The van der Waals surface area contributed by atoms with Crippen LogP contribution in [0.1, 0.15) is 5.56 Å². The van der Waals surface area contributed by atoms with Gasteiger partial charge in [-0.05, 0) is 42.0 Å². The monoisotopic (exact) mass is 425 g/mol. The van der Waals surface area contributed by atoms with Gasteiger partial charge in [-0.1, -0.05) is 56.8 Å². The van der Waals surface area contributed by atoms with Crippen molar-refractivity contribution < 1.29 is 9.13 Å². The minimum absolute atomic E-state index is 0.0372. The first-order valence-electron chi connectivity index (χ1n) is 6.29. The fourth-order valence-corrected chi connectivity index (χ4v) is 2.23. The summed E-state index contributed by atoms with van der Waals surface area (Å²) in [6, 6.07) is 12.1. The molecule has 0 aromatic heterocycles. The molecular weight excluding hydrogens is 415 g/mol. The molecule has 2 aromatic carbocycles. The molecule has 22 heavy (non-hydrogen) atoms. The van der Waals surface area contributed by atoms with E-state index in [4.69, 9.17) is 39.5 Å². The van der Waals surface area contributed by atoms with Gasteiger partial charge in [0.25, 0.3) is 0 Å². The number of rotatable bonds is 5. The van der Waals surface area contributed by atoms with Crippen molar-refractivity contribution in [1.29, 1.82) is 0 Å². The maximum absolute atomic E-state index is 13.9. The Morgan fingerprint density at radius 3 is 2.41 bits per heavy atom. The van der Waals surface area contributed by atoms with Gasteiger partial charge in [-0.25, -0.2) is 4.39 Å². The lowest BCUT2D eigenvalue weighted by molar-refractivity contribution is 0.126. The van der Waals surface area contributed by atoms with E-state index in [1.807, 2.05) is 24.3 Å². The zero-order valence-corrected chi connectivity index (χ0v) is 15.1. The minimum Gasteiger partial charge on any atom is -0.372 e. The predicted octanol–water partition coefficient (Wildman–Crippen LogP) is 6.22. The smallest absolute Gasteiger partial charge is 0.213 e. The molecule has 0 aliphatic rings. The van der Waals surface area contributed by atoms with Crippen molar-refractivity contribution in [1.82, 2.24) is 0 Å². The second-order valence-corrected chi connectivity index (χ2v) is 7.99. The molecule has 7 heteroatoms.